The molecule has 0 atom stereocenters. The van der Waals surface area contributed by atoms with E-state index in [0.717, 1.165) is 4.31 Å². The van der Waals surface area contributed by atoms with E-state index in [-0.39, 0.29) is 10.8 Å². The highest BCUT2D eigenvalue weighted by Crippen LogP contribution is 2.24. The van der Waals surface area contributed by atoms with Gasteiger partial charge in [-0.1, -0.05) is 6.07 Å². The highest BCUT2D eigenvalue weighted by molar-refractivity contribution is 7.89. The number of fused-ring (bicyclic) bond motifs is 1. The molecule has 1 aliphatic heterocycles. The lowest BCUT2D eigenvalue weighted by atomic mass is 10.4. The SMILES string of the molecule is Nc1nc2ccccn2c1S(=O)(=O)N1CC(=O)NC(=O)C1. The van der Waals surface area contributed by atoms with Crippen LogP contribution >= 0.6 is 0 Å². The average Bonchev–Trinajstić information content (AvgIpc) is 2.73. The van der Waals surface area contributed by atoms with Crippen LogP contribution in [0.4, 0.5) is 5.82 Å². The van der Waals surface area contributed by atoms with Gasteiger partial charge in [-0.3, -0.25) is 19.3 Å². The number of nitrogens with zero attached hydrogens (tertiary/aromatic N) is 3. The monoisotopic (exact) mass is 309 g/mol. The van der Waals surface area contributed by atoms with Gasteiger partial charge in [0.2, 0.25) is 11.8 Å². The summed E-state index contributed by atoms with van der Waals surface area (Å²) in [5.41, 5.74) is 6.05. The Morgan fingerprint density at radius 2 is 1.86 bits per heavy atom. The lowest BCUT2D eigenvalue weighted by Gasteiger charge is -2.24. The molecule has 110 valence electrons. The van der Waals surface area contributed by atoms with Crippen molar-refractivity contribution in [1.29, 1.82) is 0 Å². The first-order valence-electron chi connectivity index (χ1n) is 5.95. The molecule has 0 saturated carbocycles. The number of hydrogen-bond acceptors (Lipinski definition) is 6. The van der Waals surface area contributed by atoms with Gasteiger partial charge in [-0.2, -0.15) is 4.31 Å². The summed E-state index contributed by atoms with van der Waals surface area (Å²) in [6.07, 6.45) is 1.50. The third-order valence-electron chi connectivity index (χ3n) is 3.01. The lowest BCUT2D eigenvalue weighted by Crippen LogP contribution is -2.53. The molecule has 0 spiro atoms. The van der Waals surface area contributed by atoms with Gasteiger partial charge >= 0.3 is 0 Å². The zero-order chi connectivity index (χ0) is 15.2. The number of nitrogen functional groups attached to an aromatic ring is 1. The number of carbonyl (C=O) groups excluding carboxylic acids is 2. The number of piperazine rings is 1. The largest absolute Gasteiger partial charge is 0.381 e. The molecule has 10 heteroatoms. The Labute approximate surface area is 119 Å². The number of nitrogens with one attached hydrogen (secondary N) is 1. The molecule has 21 heavy (non-hydrogen) atoms. The molecule has 3 rings (SSSR count). The van der Waals surface area contributed by atoms with Crippen LogP contribution in [0, 0.1) is 0 Å². The molecular weight excluding hydrogens is 298 g/mol. The van der Waals surface area contributed by atoms with Crippen molar-refractivity contribution in [3.63, 3.8) is 0 Å². The number of nitrogens with two attached hydrogens (primary N) is 1. The Bertz CT molecular complexity index is 841. The molecule has 9 nitrogen and oxygen atoms in total. The van der Waals surface area contributed by atoms with Gasteiger partial charge in [-0.25, -0.2) is 13.4 Å². The van der Waals surface area contributed by atoms with Crippen LogP contribution in [0.2, 0.25) is 0 Å². The van der Waals surface area contributed by atoms with Gasteiger partial charge in [0.15, 0.2) is 10.8 Å². The molecule has 0 aromatic carbocycles. The van der Waals surface area contributed by atoms with Gasteiger partial charge in [0.1, 0.15) is 5.65 Å². The summed E-state index contributed by atoms with van der Waals surface area (Å²) in [6.45, 7) is -0.874. The van der Waals surface area contributed by atoms with Crippen LogP contribution in [0.15, 0.2) is 29.4 Å². The number of anilines is 1. The average molecular weight is 309 g/mol. The number of imide groups is 1. The Morgan fingerprint density at radius 1 is 1.19 bits per heavy atom. The van der Waals surface area contributed by atoms with Gasteiger partial charge in [0.05, 0.1) is 13.1 Å². The predicted molar refractivity (Wildman–Crippen MR) is 71.5 cm³/mol. The summed E-state index contributed by atoms with van der Waals surface area (Å²) in [4.78, 5) is 26.7. The van der Waals surface area contributed by atoms with Crippen LogP contribution in [-0.4, -0.2) is 47.0 Å². The maximum atomic E-state index is 12.6. The summed E-state index contributed by atoms with van der Waals surface area (Å²) in [7, 11) is -4.11. The number of imidazole rings is 1. The van der Waals surface area contributed by atoms with Gasteiger partial charge in [0, 0.05) is 6.20 Å². The van der Waals surface area contributed by atoms with Crippen LogP contribution in [0.3, 0.4) is 0 Å². The van der Waals surface area contributed by atoms with Crippen LogP contribution < -0.4 is 11.1 Å². The second-order valence-corrected chi connectivity index (χ2v) is 6.33. The van der Waals surface area contributed by atoms with E-state index in [4.69, 9.17) is 5.73 Å². The van der Waals surface area contributed by atoms with Crippen molar-refractivity contribution in [2.24, 2.45) is 0 Å². The predicted octanol–water partition coefficient (Wildman–Crippen LogP) is -1.44. The summed E-state index contributed by atoms with van der Waals surface area (Å²) < 4.78 is 27.3. The van der Waals surface area contributed by atoms with Gasteiger partial charge < -0.3 is 5.73 Å². The zero-order valence-corrected chi connectivity index (χ0v) is 11.5. The minimum absolute atomic E-state index is 0.181. The van der Waals surface area contributed by atoms with Crippen LogP contribution in [0.5, 0.6) is 0 Å². The first kappa shape index (κ1) is 13.5. The molecule has 2 aromatic heterocycles. The van der Waals surface area contributed by atoms with E-state index in [1.165, 1.54) is 10.6 Å². The molecule has 1 fully saturated rings. The minimum Gasteiger partial charge on any atom is -0.381 e. The van der Waals surface area contributed by atoms with Gasteiger partial charge in [0.25, 0.3) is 10.0 Å². The number of aromatic nitrogens is 2. The molecule has 1 saturated heterocycles. The number of rotatable bonds is 2. The number of carbonyl (C=O) groups is 2. The second-order valence-electron chi connectivity index (χ2n) is 4.48. The maximum Gasteiger partial charge on any atom is 0.263 e. The van der Waals surface area contributed by atoms with Crippen molar-refractivity contribution in [2.75, 3.05) is 18.8 Å². The fourth-order valence-electron chi connectivity index (χ4n) is 2.15. The second kappa shape index (κ2) is 4.53. The van der Waals surface area contributed by atoms with E-state index in [9.17, 15) is 18.0 Å². The van der Waals surface area contributed by atoms with Crippen molar-refractivity contribution < 1.29 is 18.0 Å². The number of hydrogen-bond donors (Lipinski definition) is 2. The number of pyridine rings is 1. The summed E-state index contributed by atoms with van der Waals surface area (Å²) >= 11 is 0. The maximum absolute atomic E-state index is 12.6. The fraction of sp³-hybridized carbons (Fsp3) is 0.182. The van der Waals surface area contributed by atoms with E-state index in [1.54, 1.807) is 18.2 Å². The Kier molecular flexibility index (Phi) is 2.92. The van der Waals surface area contributed by atoms with Crippen LogP contribution in [0.1, 0.15) is 0 Å². The van der Waals surface area contributed by atoms with E-state index < -0.39 is 34.9 Å². The van der Waals surface area contributed by atoms with E-state index in [0.29, 0.717) is 5.65 Å². The summed E-state index contributed by atoms with van der Waals surface area (Å²) in [5.74, 6) is -1.54. The summed E-state index contributed by atoms with van der Waals surface area (Å²) in [5, 5.41) is 1.79. The third-order valence-corrected chi connectivity index (χ3v) is 4.85. The molecule has 2 amide bonds. The first-order valence-corrected chi connectivity index (χ1v) is 7.39. The molecule has 0 bridgehead atoms. The van der Waals surface area contributed by atoms with E-state index in [1.807, 2.05) is 5.32 Å². The first-order chi connectivity index (χ1) is 9.89. The van der Waals surface area contributed by atoms with Crippen LogP contribution in [0.25, 0.3) is 5.65 Å². The fourth-order valence-corrected chi connectivity index (χ4v) is 3.68. The number of amides is 2. The number of sulfonamides is 1. The van der Waals surface area contributed by atoms with Gasteiger partial charge in [-0.05, 0) is 12.1 Å². The van der Waals surface area contributed by atoms with Gasteiger partial charge in [-0.15, -0.1) is 0 Å². The molecule has 0 radical (unpaired) electrons. The Balaban J connectivity index is 2.14. The third kappa shape index (κ3) is 2.14. The highest BCUT2D eigenvalue weighted by atomic mass is 32.2. The minimum atomic E-state index is -4.11. The van der Waals surface area contributed by atoms with Crippen LogP contribution in [-0.2, 0) is 19.6 Å². The molecule has 3 N–H and O–H groups in total. The molecule has 3 heterocycles. The van der Waals surface area contributed by atoms with Crippen molar-refractivity contribution in [2.45, 2.75) is 5.03 Å². The van der Waals surface area contributed by atoms with Crippen molar-refractivity contribution >= 4 is 33.3 Å². The molecule has 1 aliphatic rings. The van der Waals surface area contributed by atoms with Crippen molar-refractivity contribution in [3.8, 4) is 0 Å². The van der Waals surface area contributed by atoms with E-state index >= 15 is 0 Å². The molecule has 0 unspecified atom stereocenters. The van der Waals surface area contributed by atoms with Crippen molar-refractivity contribution in [3.05, 3.63) is 24.4 Å². The Morgan fingerprint density at radius 3 is 2.52 bits per heavy atom. The normalized spacial score (nSPS) is 17.1. The molecule has 2 aromatic rings. The van der Waals surface area contributed by atoms with E-state index in [2.05, 4.69) is 4.98 Å². The zero-order valence-electron chi connectivity index (χ0n) is 10.7. The molecule has 0 aliphatic carbocycles. The van der Waals surface area contributed by atoms with Crippen molar-refractivity contribution in [1.82, 2.24) is 19.0 Å². The Hall–Kier alpha value is -2.46. The standard InChI is InChI=1S/C11H11N5O4S/c12-10-11(16-4-2-1-3-7(16)13-10)21(19,20)15-5-8(17)14-9(18)6-15/h1-4H,5-6,12H2,(H,14,17,18). The topological polar surface area (TPSA) is 127 Å². The molecular formula is C11H11N5O4S. The summed E-state index contributed by atoms with van der Waals surface area (Å²) in [6, 6.07) is 4.92. The highest BCUT2D eigenvalue weighted by Gasteiger charge is 2.36. The quantitative estimate of drug-likeness (QED) is 0.654. The lowest BCUT2D eigenvalue weighted by molar-refractivity contribution is -0.134. The smallest absolute Gasteiger partial charge is 0.263 e.